The van der Waals surface area contributed by atoms with Gasteiger partial charge < -0.3 is 0 Å². The van der Waals surface area contributed by atoms with E-state index < -0.39 is 0 Å². The fourth-order valence-corrected chi connectivity index (χ4v) is 2.27. The molecule has 0 atom stereocenters. The third-order valence-electron chi connectivity index (χ3n) is 2.64. The van der Waals surface area contributed by atoms with Gasteiger partial charge in [-0.2, -0.15) is 0 Å². The van der Waals surface area contributed by atoms with E-state index in [4.69, 9.17) is 23.2 Å². The molecule has 1 aromatic rings. The second-order valence-electron chi connectivity index (χ2n) is 3.99. The molecule has 1 fully saturated rings. The van der Waals surface area contributed by atoms with Crippen LogP contribution in [0.2, 0.25) is 10.3 Å². The predicted molar refractivity (Wildman–Crippen MR) is 67.1 cm³/mol. The SMILES string of the molecule is O=C(NN1CCCCC1)c1cc(Cl)nc(Cl)c1. The second kappa shape index (κ2) is 5.67. The highest BCUT2D eigenvalue weighted by Gasteiger charge is 2.15. The number of aromatic nitrogens is 1. The maximum absolute atomic E-state index is 11.9. The smallest absolute Gasteiger partial charge is 0.265 e. The summed E-state index contributed by atoms with van der Waals surface area (Å²) >= 11 is 11.5. The number of hydrogen-bond donors (Lipinski definition) is 1. The second-order valence-corrected chi connectivity index (χ2v) is 4.76. The summed E-state index contributed by atoms with van der Waals surface area (Å²) in [6.45, 7) is 1.77. The van der Waals surface area contributed by atoms with Crippen LogP contribution in [-0.4, -0.2) is 29.0 Å². The molecule has 1 N–H and O–H groups in total. The summed E-state index contributed by atoms with van der Waals surface area (Å²) in [6, 6.07) is 3.01. The first-order valence-corrected chi connectivity index (χ1v) is 6.30. The molecule has 6 heteroatoms. The van der Waals surface area contributed by atoms with Crippen LogP contribution in [0.4, 0.5) is 0 Å². The minimum Gasteiger partial charge on any atom is -0.285 e. The number of piperidine rings is 1. The van der Waals surface area contributed by atoms with Crippen molar-refractivity contribution >= 4 is 29.1 Å². The van der Waals surface area contributed by atoms with Crippen molar-refractivity contribution in [2.24, 2.45) is 0 Å². The average Bonchev–Trinajstić information content (AvgIpc) is 2.29. The molecular formula is C11H13Cl2N3O. The van der Waals surface area contributed by atoms with E-state index in [2.05, 4.69) is 10.4 Å². The molecule has 1 amide bonds. The van der Waals surface area contributed by atoms with Crippen LogP contribution in [0.15, 0.2) is 12.1 Å². The van der Waals surface area contributed by atoms with Gasteiger partial charge in [-0.25, -0.2) is 9.99 Å². The van der Waals surface area contributed by atoms with Crippen molar-refractivity contribution in [1.29, 1.82) is 0 Å². The molecule has 0 aromatic carbocycles. The van der Waals surface area contributed by atoms with E-state index in [0.717, 1.165) is 25.9 Å². The number of rotatable bonds is 2. The van der Waals surface area contributed by atoms with Crippen LogP contribution in [0.3, 0.4) is 0 Å². The standard InChI is InChI=1S/C11H13Cl2N3O/c12-9-6-8(7-10(13)14-9)11(17)15-16-4-2-1-3-5-16/h6-7H,1-5H2,(H,15,17). The maximum Gasteiger partial charge on any atom is 0.265 e. The predicted octanol–water partition coefficient (Wildman–Crippen LogP) is 2.52. The Bertz CT molecular complexity index is 399. The summed E-state index contributed by atoms with van der Waals surface area (Å²) in [5.74, 6) is -0.196. The first-order chi connectivity index (χ1) is 8.15. The first-order valence-electron chi connectivity index (χ1n) is 5.54. The van der Waals surface area contributed by atoms with E-state index in [1.807, 2.05) is 5.01 Å². The van der Waals surface area contributed by atoms with Crippen LogP contribution < -0.4 is 5.43 Å². The molecule has 0 saturated carbocycles. The van der Waals surface area contributed by atoms with E-state index in [0.29, 0.717) is 5.56 Å². The van der Waals surface area contributed by atoms with Gasteiger partial charge >= 0.3 is 0 Å². The molecule has 0 radical (unpaired) electrons. The highest BCUT2D eigenvalue weighted by atomic mass is 35.5. The molecule has 92 valence electrons. The van der Waals surface area contributed by atoms with E-state index >= 15 is 0 Å². The van der Waals surface area contributed by atoms with Crippen LogP contribution in [0.5, 0.6) is 0 Å². The molecule has 2 rings (SSSR count). The molecule has 1 aliphatic heterocycles. The monoisotopic (exact) mass is 273 g/mol. The van der Waals surface area contributed by atoms with Gasteiger partial charge in [0.25, 0.3) is 5.91 Å². The van der Waals surface area contributed by atoms with Gasteiger partial charge in [0.2, 0.25) is 0 Å². The van der Waals surface area contributed by atoms with E-state index in [9.17, 15) is 4.79 Å². The molecule has 4 nitrogen and oxygen atoms in total. The van der Waals surface area contributed by atoms with Crippen LogP contribution in [0.25, 0.3) is 0 Å². The Kier molecular flexibility index (Phi) is 4.20. The molecule has 0 unspecified atom stereocenters. The van der Waals surface area contributed by atoms with Crippen LogP contribution in [-0.2, 0) is 0 Å². The van der Waals surface area contributed by atoms with Crippen molar-refractivity contribution in [2.45, 2.75) is 19.3 Å². The summed E-state index contributed by atoms with van der Waals surface area (Å²) in [4.78, 5) is 15.7. The molecule has 17 heavy (non-hydrogen) atoms. The lowest BCUT2D eigenvalue weighted by molar-refractivity contribution is 0.0750. The highest BCUT2D eigenvalue weighted by Crippen LogP contribution is 2.15. The number of hydrazine groups is 1. The Morgan fingerprint density at radius 2 is 1.76 bits per heavy atom. The number of nitrogens with one attached hydrogen (secondary N) is 1. The Morgan fingerprint density at radius 3 is 2.35 bits per heavy atom. The number of carbonyl (C=O) groups excluding carboxylic acids is 1. The molecule has 0 aliphatic carbocycles. The van der Waals surface area contributed by atoms with Crippen LogP contribution in [0, 0.1) is 0 Å². The average molecular weight is 274 g/mol. The van der Waals surface area contributed by atoms with Crippen molar-refractivity contribution in [3.05, 3.63) is 28.0 Å². The Labute approximate surface area is 110 Å². The largest absolute Gasteiger partial charge is 0.285 e. The summed E-state index contributed by atoms with van der Waals surface area (Å²) < 4.78 is 0. The molecule has 1 aromatic heterocycles. The molecule has 1 saturated heterocycles. The highest BCUT2D eigenvalue weighted by molar-refractivity contribution is 6.33. The number of carbonyl (C=O) groups is 1. The first kappa shape index (κ1) is 12.6. The Balaban J connectivity index is 2.03. The molecule has 1 aliphatic rings. The molecule has 0 bridgehead atoms. The van der Waals surface area contributed by atoms with Gasteiger partial charge in [0.05, 0.1) is 0 Å². The minimum atomic E-state index is -0.196. The number of nitrogens with zero attached hydrogens (tertiary/aromatic N) is 2. The van der Waals surface area contributed by atoms with Crippen molar-refractivity contribution in [3.63, 3.8) is 0 Å². The Hall–Kier alpha value is -0.840. The normalized spacial score (nSPS) is 16.8. The van der Waals surface area contributed by atoms with Gasteiger partial charge in [-0.15, -0.1) is 0 Å². The lowest BCUT2D eigenvalue weighted by Crippen LogP contribution is -2.45. The third-order valence-corrected chi connectivity index (χ3v) is 3.03. The van der Waals surface area contributed by atoms with Gasteiger partial charge in [0.15, 0.2) is 0 Å². The van der Waals surface area contributed by atoms with Crippen molar-refractivity contribution in [3.8, 4) is 0 Å². The zero-order chi connectivity index (χ0) is 12.3. The zero-order valence-electron chi connectivity index (χ0n) is 9.25. The molecule has 0 spiro atoms. The number of halogens is 2. The van der Waals surface area contributed by atoms with E-state index in [1.54, 1.807) is 0 Å². The van der Waals surface area contributed by atoms with Gasteiger partial charge in [-0.05, 0) is 25.0 Å². The van der Waals surface area contributed by atoms with Gasteiger partial charge in [-0.3, -0.25) is 10.2 Å². The number of hydrogen-bond acceptors (Lipinski definition) is 3. The van der Waals surface area contributed by atoms with Gasteiger partial charge in [0.1, 0.15) is 10.3 Å². The summed E-state index contributed by atoms with van der Waals surface area (Å²) in [5, 5.41) is 2.37. The van der Waals surface area contributed by atoms with Crippen molar-refractivity contribution < 1.29 is 4.79 Å². The topological polar surface area (TPSA) is 45.2 Å². The minimum absolute atomic E-state index is 0.196. The van der Waals surface area contributed by atoms with Crippen molar-refractivity contribution in [1.82, 2.24) is 15.4 Å². The zero-order valence-corrected chi connectivity index (χ0v) is 10.8. The summed E-state index contributed by atoms with van der Waals surface area (Å²) in [6.07, 6.45) is 3.44. The quantitative estimate of drug-likeness (QED) is 0.843. The van der Waals surface area contributed by atoms with E-state index in [-0.39, 0.29) is 16.2 Å². The van der Waals surface area contributed by atoms with Gasteiger partial charge in [0, 0.05) is 18.7 Å². The fraction of sp³-hybridized carbons (Fsp3) is 0.455. The van der Waals surface area contributed by atoms with Crippen LogP contribution in [0.1, 0.15) is 29.6 Å². The van der Waals surface area contributed by atoms with Gasteiger partial charge in [-0.1, -0.05) is 29.6 Å². The summed E-state index contributed by atoms with van der Waals surface area (Å²) in [5.41, 5.74) is 3.27. The van der Waals surface area contributed by atoms with Crippen molar-refractivity contribution in [2.75, 3.05) is 13.1 Å². The lowest BCUT2D eigenvalue weighted by Gasteiger charge is -2.26. The summed E-state index contributed by atoms with van der Waals surface area (Å²) in [7, 11) is 0. The Morgan fingerprint density at radius 1 is 1.18 bits per heavy atom. The van der Waals surface area contributed by atoms with Crippen LogP contribution >= 0.6 is 23.2 Å². The number of amides is 1. The molecular weight excluding hydrogens is 261 g/mol. The maximum atomic E-state index is 11.9. The number of pyridine rings is 1. The molecule has 2 heterocycles. The van der Waals surface area contributed by atoms with E-state index in [1.165, 1.54) is 18.6 Å². The third kappa shape index (κ3) is 3.56. The fourth-order valence-electron chi connectivity index (χ4n) is 1.81. The lowest BCUT2D eigenvalue weighted by atomic mass is 10.2.